The fourth-order valence-corrected chi connectivity index (χ4v) is 10.7. The lowest BCUT2D eigenvalue weighted by molar-refractivity contribution is -0.379. The third kappa shape index (κ3) is 29.0. The van der Waals surface area contributed by atoms with Crippen molar-refractivity contribution >= 4 is 5.91 Å². The van der Waals surface area contributed by atoms with Crippen LogP contribution >= 0.6 is 0 Å². The van der Waals surface area contributed by atoms with Crippen molar-refractivity contribution in [3.63, 3.8) is 0 Å². The zero-order chi connectivity index (χ0) is 59.7. The Balaban J connectivity index is 1.26. The Kier molecular flexibility index (Phi) is 41.5. The Morgan fingerprint density at radius 3 is 1.30 bits per heavy atom. The van der Waals surface area contributed by atoms with Gasteiger partial charge >= 0.3 is 0 Å². The Bertz CT molecular complexity index is 1680. The fraction of sp³-hybridized carbons (Fsp3) is 0.857. The minimum atomic E-state index is -1.97. The van der Waals surface area contributed by atoms with Crippen LogP contribution in [0.5, 0.6) is 0 Å². The van der Waals surface area contributed by atoms with Crippen molar-refractivity contribution in [2.75, 3.05) is 26.4 Å². The lowest BCUT2D eigenvalue weighted by atomic mass is 9.96. The molecule has 0 saturated carbocycles. The number of rotatable bonds is 47. The zero-order valence-corrected chi connectivity index (χ0v) is 50.0. The smallest absolute Gasteiger partial charge is 0.220 e. The number of nitrogens with one attached hydrogen (secondary N) is 1. The van der Waals surface area contributed by atoms with E-state index in [-0.39, 0.29) is 18.9 Å². The summed E-state index contributed by atoms with van der Waals surface area (Å²) in [5.74, 6) is -0.251. The quantitative estimate of drug-likeness (QED) is 0.0224. The standard InChI is InChI=1S/C63H113NO18/c1-3-5-7-9-10-11-12-13-14-15-16-17-18-19-20-21-22-23-24-25-26-27-28-29-30-31-32-33-34-35-36-37-39-41-51(69)64-46(47(68)40-38-8-6-4-2)45-77-61-57(75)54(72)59(49(43-66)79-61)82-63-58(76)55(73)60(50(44-67)80-63)81-62-56(74)53(71)52(70)48(42-65)78-62/h5,7,10-11,13-14,16-17,46-50,52-63,65-68,70-76H,3-4,6,8-9,12,15,18-45H2,1-2H3,(H,64,69)/b7-5-,11-10-,14-13-,17-16-. The van der Waals surface area contributed by atoms with Gasteiger partial charge in [-0.2, -0.15) is 0 Å². The largest absolute Gasteiger partial charge is 0.394 e. The molecule has 0 radical (unpaired) electrons. The average molecular weight is 1170 g/mol. The van der Waals surface area contributed by atoms with Crippen molar-refractivity contribution < 1.29 is 89.4 Å². The fourth-order valence-electron chi connectivity index (χ4n) is 10.7. The number of aliphatic hydroxyl groups excluding tert-OH is 11. The van der Waals surface area contributed by atoms with Gasteiger partial charge in [0, 0.05) is 6.42 Å². The van der Waals surface area contributed by atoms with E-state index < -0.39 is 124 Å². The van der Waals surface area contributed by atoms with Crippen molar-refractivity contribution in [3.05, 3.63) is 48.6 Å². The topological polar surface area (TPSA) is 307 Å². The van der Waals surface area contributed by atoms with E-state index in [9.17, 15) is 61.0 Å². The van der Waals surface area contributed by atoms with Crippen molar-refractivity contribution in [3.8, 4) is 0 Å². The van der Waals surface area contributed by atoms with Gasteiger partial charge in [-0.25, -0.2) is 0 Å². The number of amides is 1. The van der Waals surface area contributed by atoms with E-state index in [4.69, 9.17) is 28.4 Å². The summed E-state index contributed by atoms with van der Waals surface area (Å²) in [4.78, 5) is 13.2. The lowest BCUT2D eigenvalue weighted by Crippen LogP contribution is -2.66. The molecule has 3 heterocycles. The highest BCUT2D eigenvalue weighted by molar-refractivity contribution is 5.76. The van der Waals surface area contributed by atoms with Crippen molar-refractivity contribution in [1.82, 2.24) is 5.32 Å². The number of allylic oxidation sites excluding steroid dienone is 8. The summed E-state index contributed by atoms with van der Waals surface area (Å²) in [6, 6.07) is -0.881. The van der Waals surface area contributed by atoms with Gasteiger partial charge in [-0.1, -0.05) is 204 Å². The summed E-state index contributed by atoms with van der Waals surface area (Å²) in [5, 5.41) is 120. The molecule has 3 aliphatic heterocycles. The van der Waals surface area contributed by atoms with Gasteiger partial charge in [-0.05, 0) is 51.4 Å². The minimum Gasteiger partial charge on any atom is -0.394 e. The second-order valence-corrected chi connectivity index (χ2v) is 22.8. The van der Waals surface area contributed by atoms with Gasteiger partial charge in [-0.15, -0.1) is 0 Å². The van der Waals surface area contributed by atoms with Gasteiger partial charge in [0.05, 0.1) is 38.6 Å². The average Bonchev–Trinajstić information content (AvgIpc) is 3.49. The maximum Gasteiger partial charge on any atom is 0.220 e. The van der Waals surface area contributed by atoms with Crippen LogP contribution in [-0.4, -0.2) is 193 Å². The van der Waals surface area contributed by atoms with Crippen molar-refractivity contribution in [2.24, 2.45) is 0 Å². The first-order valence-electron chi connectivity index (χ1n) is 31.9. The van der Waals surface area contributed by atoms with Gasteiger partial charge < -0.3 is 89.9 Å². The third-order valence-electron chi connectivity index (χ3n) is 15.9. The molecular weight excluding hydrogens is 1060 g/mol. The first kappa shape index (κ1) is 74.0. The molecule has 0 aromatic rings. The normalized spacial score (nSPS) is 29.9. The molecule has 478 valence electrons. The van der Waals surface area contributed by atoms with E-state index in [1.165, 1.54) is 109 Å². The molecular formula is C63H113NO18. The van der Waals surface area contributed by atoms with Gasteiger partial charge in [0.15, 0.2) is 18.9 Å². The number of hydrogen-bond donors (Lipinski definition) is 12. The highest BCUT2D eigenvalue weighted by Crippen LogP contribution is 2.33. The molecule has 82 heavy (non-hydrogen) atoms. The molecule has 3 rings (SSSR count). The summed E-state index contributed by atoms with van der Waals surface area (Å²) >= 11 is 0. The van der Waals surface area contributed by atoms with Gasteiger partial charge in [0.2, 0.25) is 5.91 Å². The van der Waals surface area contributed by atoms with Crippen LogP contribution < -0.4 is 5.32 Å². The molecule has 1 amide bonds. The van der Waals surface area contributed by atoms with Crippen LogP contribution in [0.15, 0.2) is 48.6 Å². The van der Waals surface area contributed by atoms with Crippen molar-refractivity contribution in [2.45, 2.75) is 317 Å². The second-order valence-electron chi connectivity index (χ2n) is 22.8. The maximum atomic E-state index is 13.2. The summed E-state index contributed by atoms with van der Waals surface area (Å²) in [5.41, 5.74) is 0. The summed E-state index contributed by atoms with van der Waals surface area (Å²) in [6.07, 6.45) is 26.1. The Morgan fingerprint density at radius 1 is 0.451 bits per heavy atom. The number of carbonyl (C=O) groups excluding carboxylic acids is 1. The van der Waals surface area contributed by atoms with Crippen LogP contribution in [0.3, 0.4) is 0 Å². The first-order chi connectivity index (χ1) is 39.8. The molecule has 3 fully saturated rings. The lowest BCUT2D eigenvalue weighted by Gasteiger charge is -2.48. The van der Waals surface area contributed by atoms with Crippen LogP contribution in [0.2, 0.25) is 0 Å². The van der Waals surface area contributed by atoms with E-state index >= 15 is 0 Å². The SMILES string of the molecule is CC/C=C\C/C=C\C/C=C\C/C=C\CCCCCCCCCCCCCCCCCCCCCCC(=O)NC(COC1OC(CO)C(OC2OC(CO)C(OC3OC(CO)C(O)C(O)C3O)C(O)C2O)C(O)C1O)C(O)CCCCCC. The number of carbonyl (C=O) groups is 1. The molecule has 12 N–H and O–H groups in total. The van der Waals surface area contributed by atoms with E-state index in [1.54, 1.807) is 0 Å². The monoisotopic (exact) mass is 1170 g/mol. The van der Waals surface area contributed by atoms with E-state index in [0.717, 1.165) is 64.2 Å². The molecule has 3 aliphatic rings. The Labute approximate surface area is 491 Å². The van der Waals surface area contributed by atoms with Crippen molar-refractivity contribution in [1.29, 1.82) is 0 Å². The highest BCUT2D eigenvalue weighted by Gasteiger charge is 2.53. The molecule has 0 bridgehead atoms. The number of aliphatic hydroxyl groups is 11. The molecule has 0 spiro atoms. The first-order valence-corrected chi connectivity index (χ1v) is 31.9. The number of hydrogen-bond acceptors (Lipinski definition) is 18. The molecule has 0 aromatic carbocycles. The van der Waals surface area contributed by atoms with Gasteiger partial charge in [-0.3, -0.25) is 4.79 Å². The van der Waals surface area contributed by atoms with Gasteiger partial charge in [0.1, 0.15) is 73.2 Å². The number of unbranched alkanes of at least 4 members (excludes halogenated alkanes) is 23. The predicted octanol–water partition coefficient (Wildman–Crippen LogP) is 6.65. The van der Waals surface area contributed by atoms with E-state index in [0.29, 0.717) is 19.3 Å². The van der Waals surface area contributed by atoms with E-state index in [1.807, 2.05) is 0 Å². The molecule has 3 saturated heterocycles. The summed E-state index contributed by atoms with van der Waals surface area (Å²) in [7, 11) is 0. The zero-order valence-electron chi connectivity index (χ0n) is 50.0. The summed E-state index contributed by atoms with van der Waals surface area (Å²) in [6.45, 7) is 1.53. The Hall–Kier alpha value is -2.25. The molecule has 19 heteroatoms. The minimum absolute atomic E-state index is 0.251. The molecule has 17 atom stereocenters. The van der Waals surface area contributed by atoms with Crippen LogP contribution in [0.25, 0.3) is 0 Å². The third-order valence-corrected chi connectivity index (χ3v) is 15.9. The highest BCUT2D eigenvalue weighted by atomic mass is 16.8. The van der Waals surface area contributed by atoms with Crippen LogP contribution in [0.4, 0.5) is 0 Å². The molecule has 19 nitrogen and oxygen atoms in total. The second kappa shape index (κ2) is 46.0. The van der Waals surface area contributed by atoms with Crippen LogP contribution in [0, 0.1) is 0 Å². The van der Waals surface area contributed by atoms with Gasteiger partial charge in [0.25, 0.3) is 0 Å². The van der Waals surface area contributed by atoms with Crippen LogP contribution in [0.1, 0.15) is 213 Å². The summed E-state index contributed by atoms with van der Waals surface area (Å²) < 4.78 is 34.1. The molecule has 0 aromatic heterocycles. The molecule has 17 unspecified atom stereocenters. The number of ether oxygens (including phenoxy) is 6. The maximum absolute atomic E-state index is 13.2. The van der Waals surface area contributed by atoms with E-state index in [2.05, 4.69) is 67.8 Å². The predicted molar refractivity (Wildman–Crippen MR) is 314 cm³/mol. The Morgan fingerprint density at radius 2 is 0.841 bits per heavy atom. The van der Waals surface area contributed by atoms with Crippen LogP contribution in [-0.2, 0) is 33.2 Å². The molecule has 0 aliphatic carbocycles.